The first-order valence-electron chi connectivity index (χ1n) is 5.13. The van der Waals surface area contributed by atoms with Crippen LogP contribution in [0.25, 0.3) is 0 Å². The van der Waals surface area contributed by atoms with Crippen LogP contribution in [0.15, 0.2) is 58.3 Å². The van der Waals surface area contributed by atoms with E-state index in [0.717, 1.165) is 11.4 Å². The summed E-state index contributed by atoms with van der Waals surface area (Å²) in [6, 6.07) is 15.5. The molecule has 0 saturated carbocycles. The molecule has 0 heterocycles. The van der Waals surface area contributed by atoms with Crippen molar-refractivity contribution in [3.8, 4) is 5.75 Å². The fraction of sp³-hybridized carbons (Fsp3) is 0.0769. The van der Waals surface area contributed by atoms with Crippen LogP contribution >= 0.6 is 11.8 Å². The van der Waals surface area contributed by atoms with Gasteiger partial charge in [0.05, 0.1) is 0 Å². The zero-order valence-electron chi connectivity index (χ0n) is 8.89. The van der Waals surface area contributed by atoms with Crippen molar-refractivity contribution in [2.75, 3.05) is 0 Å². The molecule has 0 aliphatic rings. The van der Waals surface area contributed by atoms with Crippen LogP contribution in [0.3, 0.4) is 0 Å². The van der Waals surface area contributed by atoms with Crippen molar-refractivity contribution < 1.29 is 10.8 Å². The summed E-state index contributed by atoms with van der Waals surface area (Å²) >= 11 is 1.70. The first kappa shape index (κ1) is 11.0. The van der Waals surface area contributed by atoms with Crippen LogP contribution in [-0.4, -0.2) is 5.11 Å². The van der Waals surface area contributed by atoms with E-state index in [1.54, 1.807) is 23.9 Å². The molecule has 0 radical (unpaired) electrons. The molecule has 0 unspecified atom stereocenters. The number of aromatic hydroxyl groups is 1. The lowest BCUT2D eigenvalue weighted by atomic mass is 10.2. The van der Waals surface area contributed by atoms with Gasteiger partial charge in [0.1, 0.15) is 12.3 Å². The van der Waals surface area contributed by atoms with Gasteiger partial charge in [0.2, 0.25) is 0 Å². The molecule has 0 aromatic heterocycles. The summed E-state index contributed by atoms with van der Waals surface area (Å²) < 4.78 is 0. The fourth-order valence-electron chi connectivity index (χ4n) is 1.45. The molecule has 4 N–H and O–H groups in total. The highest BCUT2D eigenvalue weighted by Gasteiger charge is 2.03. The second kappa shape index (κ2) is 5.05. The lowest BCUT2D eigenvalue weighted by molar-refractivity contribution is -0.387. The van der Waals surface area contributed by atoms with Crippen LogP contribution in [0.2, 0.25) is 0 Å². The van der Waals surface area contributed by atoms with Crippen molar-refractivity contribution in [2.45, 2.75) is 16.3 Å². The zero-order chi connectivity index (χ0) is 11.4. The molecule has 82 valence electrons. The number of quaternary nitrogens is 1. The van der Waals surface area contributed by atoms with E-state index in [1.165, 1.54) is 10.5 Å². The van der Waals surface area contributed by atoms with Crippen LogP contribution in [0.4, 0.5) is 0 Å². The summed E-state index contributed by atoms with van der Waals surface area (Å²) in [6.07, 6.45) is 0. The van der Waals surface area contributed by atoms with Gasteiger partial charge in [-0.15, -0.1) is 0 Å². The largest absolute Gasteiger partial charge is 0.508 e. The van der Waals surface area contributed by atoms with Gasteiger partial charge in [-0.2, -0.15) is 0 Å². The molecule has 0 bridgehead atoms. The SMILES string of the molecule is [NH3+]Cc1ccccc1Sc1ccc(O)cc1. The van der Waals surface area contributed by atoms with Gasteiger partial charge in [0.15, 0.2) is 0 Å². The van der Waals surface area contributed by atoms with Gasteiger partial charge in [-0.05, 0) is 30.3 Å². The second-order valence-corrected chi connectivity index (χ2v) is 4.57. The predicted octanol–water partition coefficient (Wildman–Crippen LogP) is 2.29. The van der Waals surface area contributed by atoms with Crippen molar-refractivity contribution >= 4 is 11.8 Å². The molecule has 0 saturated heterocycles. The quantitative estimate of drug-likeness (QED) is 0.853. The maximum atomic E-state index is 9.20. The van der Waals surface area contributed by atoms with Crippen molar-refractivity contribution in [1.82, 2.24) is 0 Å². The van der Waals surface area contributed by atoms with Crippen LogP contribution < -0.4 is 5.73 Å². The third-order valence-electron chi connectivity index (χ3n) is 2.31. The highest BCUT2D eigenvalue weighted by molar-refractivity contribution is 7.99. The normalized spacial score (nSPS) is 10.3. The number of phenols is 1. The van der Waals surface area contributed by atoms with Crippen LogP contribution in [0.5, 0.6) is 5.75 Å². The smallest absolute Gasteiger partial charge is 0.115 e. The average molecular weight is 232 g/mol. The van der Waals surface area contributed by atoms with Gasteiger partial charge in [-0.1, -0.05) is 30.0 Å². The predicted molar refractivity (Wildman–Crippen MR) is 65.3 cm³/mol. The number of phenolic OH excluding ortho intramolecular Hbond substituents is 1. The minimum Gasteiger partial charge on any atom is -0.508 e. The highest BCUT2D eigenvalue weighted by atomic mass is 32.2. The van der Waals surface area contributed by atoms with E-state index in [9.17, 15) is 5.11 Å². The molecular formula is C13H14NOS+. The lowest BCUT2D eigenvalue weighted by Crippen LogP contribution is -2.47. The fourth-order valence-corrected chi connectivity index (χ4v) is 2.42. The molecule has 0 atom stereocenters. The summed E-state index contributed by atoms with van der Waals surface area (Å²) in [7, 11) is 0. The summed E-state index contributed by atoms with van der Waals surface area (Å²) in [5, 5.41) is 9.20. The van der Waals surface area contributed by atoms with Crippen molar-refractivity contribution in [1.29, 1.82) is 0 Å². The number of hydrogen-bond acceptors (Lipinski definition) is 2. The number of rotatable bonds is 3. The summed E-state index contributed by atoms with van der Waals surface area (Å²) in [5.74, 6) is 0.301. The van der Waals surface area contributed by atoms with E-state index in [1.807, 2.05) is 24.3 Å². The molecule has 2 nitrogen and oxygen atoms in total. The third kappa shape index (κ3) is 2.56. The Hall–Kier alpha value is -1.45. The first-order chi connectivity index (χ1) is 7.79. The van der Waals surface area contributed by atoms with Crippen molar-refractivity contribution in [3.63, 3.8) is 0 Å². The summed E-state index contributed by atoms with van der Waals surface area (Å²) in [5.41, 5.74) is 5.17. The first-order valence-corrected chi connectivity index (χ1v) is 5.95. The van der Waals surface area contributed by atoms with Crippen LogP contribution in [0, 0.1) is 0 Å². The molecule has 2 aromatic rings. The molecule has 0 aliphatic heterocycles. The second-order valence-electron chi connectivity index (χ2n) is 3.45. The molecule has 16 heavy (non-hydrogen) atoms. The Bertz CT molecular complexity index is 468. The van der Waals surface area contributed by atoms with Gasteiger partial charge < -0.3 is 10.8 Å². The van der Waals surface area contributed by atoms with Gasteiger partial charge >= 0.3 is 0 Å². The monoisotopic (exact) mass is 232 g/mol. The lowest BCUT2D eigenvalue weighted by Gasteiger charge is -2.05. The van der Waals surface area contributed by atoms with E-state index in [2.05, 4.69) is 17.9 Å². The molecule has 0 spiro atoms. The Kier molecular flexibility index (Phi) is 3.49. The molecule has 0 aliphatic carbocycles. The molecule has 3 heteroatoms. The van der Waals surface area contributed by atoms with Gasteiger partial charge in [-0.3, -0.25) is 0 Å². The maximum absolute atomic E-state index is 9.20. The van der Waals surface area contributed by atoms with Crippen molar-refractivity contribution in [2.24, 2.45) is 0 Å². The van der Waals surface area contributed by atoms with Crippen LogP contribution in [0.1, 0.15) is 5.56 Å². The van der Waals surface area contributed by atoms with Crippen LogP contribution in [-0.2, 0) is 6.54 Å². The Morgan fingerprint density at radius 2 is 1.69 bits per heavy atom. The minimum absolute atomic E-state index is 0.301. The van der Waals surface area contributed by atoms with E-state index in [-0.39, 0.29) is 0 Å². The number of benzene rings is 2. The summed E-state index contributed by atoms with van der Waals surface area (Å²) in [6.45, 7) is 0.793. The molecule has 0 fully saturated rings. The minimum atomic E-state index is 0.301. The molecule has 2 rings (SSSR count). The van der Waals surface area contributed by atoms with Gasteiger partial charge in [0.25, 0.3) is 0 Å². The van der Waals surface area contributed by atoms with E-state index >= 15 is 0 Å². The number of hydrogen-bond donors (Lipinski definition) is 2. The third-order valence-corrected chi connectivity index (χ3v) is 3.43. The van der Waals surface area contributed by atoms with Gasteiger partial charge in [-0.25, -0.2) is 0 Å². The Morgan fingerprint density at radius 1 is 1.00 bits per heavy atom. The topological polar surface area (TPSA) is 47.9 Å². The Balaban J connectivity index is 2.23. The van der Waals surface area contributed by atoms with E-state index in [0.29, 0.717) is 5.75 Å². The molecule has 2 aromatic carbocycles. The van der Waals surface area contributed by atoms with E-state index in [4.69, 9.17) is 0 Å². The highest BCUT2D eigenvalue weighted by Crippen LogP contribution is 2.30. The zero-order valence-corrected chi connectivity index (χ0v) is 9.70. The van der Waals surface area contributed by atoms with E-state index < -0.39 is 0 Å². The molecule has 0 amide bonds. The van der Waals surface area contributed by atoms with Gasteiger partial charge in [0, 0.05) is 15.4 Å². The van der Waals surface area contributed by atoms with Crippen molar-refractivity contribution in [3.05, 3.63) is 54.1 Å². The summed E-state index contributed by atoms with van der Waals surface area (Å²) in [4.78, 5) is 2.35. The average Bonchev–Trinajstić information content (AvgIpc) is 2.33. The Labute approximate surface area is 99.1 Å². The maximum Gasteiger partial charge on any atom is 0.115 e. The standard InChI is InChI=1S/C13H13NOS/c14-9-10-3-1-2-4-13(10)16-12-7-5-11(15)6-8-12/h1-8,15H,9,14H2/p+1. The molecular weight excluding hydrogens is 218 g/mol. The Morgan fingerprint density at radius 3 is 2.38 bits per heavy atom.